The van der Waals surface area contributed by atoms with E-state index in [1.165, 1.54) is 0 Å². The topological polar surface area (TPSA) is 81.0 Å². The summed E-state index contributed by atoms with van der Waals surface area (Å²) in [6.07, 6.45) is 4.22. The van der Waals surface area contributed by atoms with Gasteiger partial charge in [-0.25, -0.2) is 4.98 Å². The zero-order valence-electron chi connectivity index (χ0n) is 13.3. The van der Waals surface area contributed by atoms with Crippen LogP contribution < -0.4 is 15.5 Å². The predicted octanol–water partition coefficient (Wildman–Crippen LogP) is 1.04. The molecule has 2 aliphatic rings. The lowest BCUT2D eigenvalue weighted by Gasteiger charge is -2.33. The number of nitrogens with zero attached hydrogens (tertiary/aromatic N) is 3. The molecule has 122 valence electrons. The van der Waals surface area contributed by atoms with Crippen molar-refractivity contribution in [2.45, 2.75) is 31.7 Å². The fraction of sp³-hybridized carbons (Fsp3) is 0.588. The van der Waals surface area contributed by atoms with Gasteiger partial charge in [-0.05, 0) is 50.3 Å². The lowest BCUT2D eigenvalue weighted by Crippen LogP contribution is -2.45. The van der Waals surface area contributed by atoms with Crippen LogP contribution >= 0.6 is 0 Å². The van der Waals surface area contributed by atoms with Crippen LogP contribution in [0.15, 0.2) is 18.2 Å². The Bertz CT molecular complexity index is 591. The maximum Gasteiger partial charge on any atom is 0.237 e. The van der Waals surface area contributed by atoms with Crippen molar-refractivity contribution in [3.63, 3.8) is 0 Å². The Kier molecular flexibility index (Phi) is 5.09. The second kappa shape index (κ2) is 7.42. The van der Waals surface area contributed by atoms with Gasteiger partial charge in [0, 0.05) is 19.6 Å². The van der Waals surface area contributed by atoms with Crippen LogP contribution in [0.4, 0.5) is 5.82 Å². The molecule has 6 nitrogen and oxygen atoms in total. The molecule has 6 heteroatoms. The Morgan fingerprint density at radius 3 is 3.13 bits per heavy atom. The van der Waals surface area contributed by atoms with Crippen LogP contribution in [0.3, 0.4) is 0 Å². The molecule has 3 rings (SSSR count). The van der Waals surface area contributed by atoms with Gasteiger partial charge < -0.3 is 15.5 Å². The summed E-state index contributed by atoms with van der Waals surface area (Å²) in [5.74, 6) is 1.42. The minimum absolute atomic E-state index is 0.0105. The smallest absolute Gasteiger partial charge is 0.237 e. The van der Waals surface area contributed by atoms with Gasteiger partial charge in [-0.15, -0.1) is 0 Å². The molecule has 23 heavy (non-hydrogen) atoms. The number of pyridine rings is 1. The van der Waals surface area contributed by atoms with Gasteiger partial charge in [0.25, 0.3) is 0 Å². The van der Waals surface area contributed by atoms with Crippen LogP contribution in [0, 0.1) is 17.2 Å². The second-order valence-electron chi connectivity index (χ2n) is 6.34. The number of carbonyl (C=O) groups excluding carboxylic acids is 1. The number of amides is 1. The molecule has 0 radical (unpaired) electrons. The van der Waals surface area contributed by atoms with Crippen molar-refractivity contribution in [3.8, 4) is 6.07 Å². The van der Waals surface area contributed by atoms with Gasteiger partial charge in [-0.2, -0.15) is 5.26 Å². The highest BCUT2D eigenvalue weighted by Gasteiger charge is 2.25. The fourth-order valence-corrected chi connectivity index (χ4v) is 3.38. The minimum Gasteiger partial charge on any atom is -0.356 e. The van der Waals surface area contributed by atoms with E-state index in [2.05, 4.69) is 26.6 Å². The highest BCUT2D eigenvalue weighted by molar-refractivity contribution is 5.82. The zero-order valence-corrected chi connectivity index (χ0v) is 13.3. The Balaban J connectivity index is 1.53. The van der Waals surface area contributed by atoms with Gasteiger partial charge in [0.15, 0.2) is 0 Å². The third kappa shape index (κ3) is 3.99. The lowest BCUT2D eigenvalue weighted by molar-refractivity contribution is -0.122. The summed E-state index contributed by atoms with van der Waals surface area (Å²) >= 11 is 0. The lowest BCUT2D eigenvalue weighted by atomic mass is 9.97. The van der Waals surface area contributed by atoms with Gasteiger partial charge in [-0.3, -0.25) is 4.79 Å². The number of piperidine rings is 1. The average Bonchev–Trinajstić information content (AvgIpc) is 3.15. The molecule has 2 saturated heterocycles. The molecule has 1 aromatic rings. The maximum atomic E-state index is 12.1. The van der Waals surface area contributed by atoms with E-state index in [-0.39, 0.29) is 11.9 Å². The third-order valence-electron chi connectivity index (χ3n) is 4.63. The highest BCUT2D eigenvalue weighted by atomic mass is 16.2. The zero-order chi connectivity index (χ0) is 16.1. The van der Waals surface area contributed by atoms with Gasteiger partial charge in [0.05, 0.1) is 6.04 Å². The molecule has 2 N–H and O–H groups in total. The summed E-state index contributed by atoms with van der Waals surface area (Å²) in [6, 6.07) is 7.62. The number of hydrogen-bond acceptors (Lipinski definition) is 5. The van der Waals surface area contributed by atoms with Crippen LogP contribution in [0.5, 0.6) is 0 Å². The first-order chi connectivity index (χ1) is 11.3. The summed E-state index contributed by atoms with van der Waals surface area (Å²) in [7, 11) is 0. The number of nitrogens with one attached hydrogen (secondary N) is 2. The van der Waals surface area contributed by atoms with Crippen LogP contribution in [0.25, 0.3) is 0 Å². The van der Waals surface area contributed by atoms with E-state index in [0.29, 0.717) is 18.2 Å². The van der Waals surface area contributed by atoms with Crippen molar-refractivity contribution < 1.29 is 4.79 Å². The summed E-state index contributed by atoms with van der Waals surface area (Å²) in [6.45, 7) is 3.48. The molecule has 1 amide bonds. The molecule has 0 spiro atoms. The first kappa shape index (κ1) is 15.8. The Labute approximate surface area is 136 Å². The third-order valence-corrected chi connectivity index (χ3v) is 4.63. The summed E-state index contributed by atoms with van der Waals surface area (Å²) in [4.78, 5) is 18.7. The first-order valence-corrected chi connectivity index (χ1v) is 8.39. The van der Waals surface area contributed by atoms with Crippen LogP contribution in [0.1, 0.15) is 31.4 Å². The second-order valence-corrected chi connectivity index (χ2v) is 6.34. The monoisotopic (exact) mass is 313 g/mol. The molecule has 0 bridgehead atoms. The van der Waals surface area contributed by atoms with Crippen molar-refractivity contribution in [1.82, 2.24) is 15.6 Å². The summed E-state index contributed by atoms with van der Waals surface area (Å²) in [5, 5.41) is 15.3. The number of anilines is 1. The van der Waals surface area contributed by atoms with Crippen LogP contribution in [-0.4, -0.2) is 43.1 Å². The summed E-state index contributed by atoms with van der Waals surface area (Å²) in [5.41, 5.74) is 0.449. The molecule has 2 atom stereocenters. The molecule has 3 heterocycles. The number of carbonyl (C=O) groups is 1. The molecule has 2 aliphatic heterocycles. The van der Waals surface area contributed by atoms with Crippen LogP contribution in [0.2, 0.25) is 0 Å². The molecule has 0 aromatic carbocycles. The molecule has 1 aromatic heterocycles. The maximum absolute atomic E-state index is 12.1. The van der Waals surface area contributed by atoms with E-state index in [1.54, 1.807) is 6.07 Å². The number of nitriles is 1. The largest absolute Gasteiger partial charge is 0.356 e. The van der Waals surface area contributed by atoms with E-state index in [4.69, 9.17) is 5.26 Å². The van der Waals surface area contributed by atoms with Crippen molar-refractivity contribution in [2.75, 3.05) is 31.1 Å². The Morgan fingerprint density at radius 2 is 2.35 bits per heavy atom. The van der Waals surface area contributed by atoms with Crippen molar-refractivity contribution in [2.24, 2.45) is 5.92 Å². The van der Waals surface area contributed by atoms with E-state index in [1.807, 2.05) is 12.1 Å². The molecule has 0 aliphatic carbocycles. The molecular formula is C17H23N5O. The van der Waals surface area contributed by atoms with Crippen molar-refractivity contribution in [3.05, 3.63) is 23.9 Å². The van der Waals surface area contributed by atoms with E-state index >= 15 is 0 Å². The Morgan fingerprint density at radius 1 is 1.43 bits per heavy atom. The molecule has 0 saturated carbocycles. The number of rotatable bonds is 4. The quantitative estimate of drug-likeness (QED) is 0.868. The van der Waals surface area contributed by atoms with Gasteiger partial charge >= 0.3 is 0 Å². The average molecular weight is 313 g/mol. The molecular weight excluding hydrogens is 290 g/mol. The molecule has 2 fully saturated rings. The number of hydrogen-bond donors (Lipinski definition) is 2. The molecule has 2 unspecified atom stereocenters. The SMILES string of the molecule is N#Cc1cccc(N2CCCC(CNC(=O)C3CCCN3)C2)n1. The van der Waals surface area contributed by atoms with Crippen molar-refractivity contribution in [1.29, 1.82) is 5.26 Å². The van der Waals surface area contributed by atoms with E-state index in [9.17, 15) is 4.79 Å². The van der Waals surface area contributed by atoms with Gasteiger partial charge in [-0.1, -0.05) is 6.07 Å². The summed E-state index contributed by atoms with van der Waals surface area (Å²) < 4.78 is 0. The van der Waals surface area contributed by atoms with Crippen molar-refractivity contribution >= 4 is 11.7 Å². The van der Waals surface area contributed by atoms with E-state index < -0.39 is 0 Å². The van der Waals surface area contributed by atoms with Gasteiger partial charge in [0.1, 0.15) is 17.6 Å². The first-order valence-electron chi connectivity index (χ1n) is 8.39. The number of aromatic nitrogens is 1. The Hall–Kier alpha value is -2.13. The van der Waals surface area contributed by atoms with E-state index in [0.717, 1.165) is 51.1 Å². The fourth-order valence-electron chi connectivity index (χ4n) is 3.38. The van der Waals surface area contributed by atoms with Gasteiger partial charge in [0.2, 0.25) is 5.91 Å². The minimum atomic E-state index is -0.0105. The standard InChI is InChI=1S/C17H23N5O/c18-10-14-5-1-7-16(21-14)22-9-3-4-13(12-22)11-20-17(23)15-6-2-8-19-15/h1,5,7,13,15,19H,2-4,6,8-9,11-12H2,(H,20,23). The predicted molar refractivity (Wildman–Crippen MR) is 87.9 cm³/mol. The highest BCUT2D eigenvalue weighted by Crippen LogP contribution is 2.21. The normalized spacial score (nSPS) is 24.2. The van der Waals surface area contributed by atoms with Crippen LogP contribution in [-0.2, 0) is 4.79 Å².